The van der Waals surface area contributed by atoms with Crippen LogP contribution >= 0.6 is 0 Å². The van der Waals surface area contributed by atoms with E-state index in [4.69, 9.17) is 32.8 Å². The topological polar surface area (TPSA) is 305 Å². The number of hydrogen-bond donors (Lipinski definition) is 10. The Bertz CT molecular complexity index is 2180. The number of hydrogen-bond acceptors (Lipinski definition) is 19. The molecule has 1 aromatic heterocycles. The largest absolute Gasteiger partial charge is 0.507 e. The number of carbonyl (C=O) groups is 1. The lowest BCUT2D eigenvalue weighted by Gasteiger charge is -2.46. The van der Waals surface area contributed by atoms with E-state index in [9.17, 15) is 60.7 Å². The van der Waals surface area contributed by atoms with Crippen LogP contribution in [0.2, 0.25) is 0 Å². The van der Waals surface area contributed by atoms with Crippen molar-refractivity contribution in [1.82, 2.24) is 0 Å². The van der Waals surface area contributed by atoms with Crippen LogP contribution in [0.25, 0.3) is 28.4 Å². The molecule has 10 atom stereocenters. The van der Waals surface area contributed by atoms with E-state index in [2.05, 4.69) is 0 Å². The number of aliphatic hydroxyl groups excluding tert-OH is 6. The number of carbonyl (C=O) groups excluding carboxylic acids is 1. The predicted molar refractivity (Wildman–Crippen MR) is 192 cm³/mol. The second kappa shape index (κ2) is 16.9. The monoisotopic (exact) mass is 800 g/mol. The molecule has 0 unspecified atom stereocenters. The molecule has 2 saturated heterocycles. The van der Waals surface area contributed by atoms with Crippen LogP contribution in [-0.4, -0.2) is 140 Å². The highest BCUT2D eigenvalue weighted by Gasteiger charge is 2.52. The molecule has 2 fully saturated rings. The highest BCUT2D eigenvalue weighted by atomic mass is 16.7. The van der Waals surface area contributed by atoms with Gasteiger partial charge in [0.15, 0.2) is 34.7 Å². The maximum atomic E-state index is 13.5. The molecule has 57 heavy (non-hydrogen) atoms. The molecule has 2 aliphatic heterocycles. The molecule has 3 aromatic carbocycles. The van der Waals surface area contributed by atoms with Gasteiger partial charge in [-0.3, -0.25) is 4.79 Å². The summed E-state index contributed by atoms with van der Waals surface area (Å²) in [4.78, 5) is 26.0. The molecule has 6 rings (SSSR count). The van der Waals surface area contributed by atoms with E-state index in [1.165, 1.54) is 56.7 Å². The summed E-state index contributed by atoms with van der Waals surface area (Å²) in [6.45, 7) is -1.58. The van der Waals surface area contributed by atoms with Crippen molar-refractivity contribution in [1.29, 1.82) is 0 Å². The number of methoxy groups -OCH3 is 2. The highest BCUT2D eigenvalue weighted by Crippen LogP contribution is 2.46. The van der Waals surface area contributed by atoms with Gasteiger partial charge in [0.05, 0.1) is 26.4 Å². The van der Waals surface area contributed by atoms with Crippen molar-refractivity contribution < 1.29 is 88.7 Å². The maximum Gasteiger partial charge on any atom is 0.330 e. The minimum Gasteiger partial charge on any atom is -0.507 e. The van der Waals surface area contributed by atoms with Crippen LogP contribution in [-0.2, 0) is 23.7 Å². The fraction of sp³-hybridized carbons (Fsp3) is 0.368. The first-order valence-electron chi connectivity index (χ1n) is 17.3. The molecular weight excluding hydrogens is 760 g/mol. The standard InChI is InChI=1S/C38H40O19/c1-51-22-9-15(3-6-17(22)40)4-8-27(44)53-14-26-31(46)33(48)35(50)38(56-26)57-37-34(49)30(45)25(13-39)55-36(37)29-20(43)12-24-28(32(29)47)19(42)11-21(54-24)16-5-7-18(41)23(10-16)52-2/h3-12,25-26,30-31,33-41,43,45-50H,13-14H2,1-2H3/b8-4+/t25-,26+,30+,31+,33-,34-,35+,36-,37+,38-/m0/s1. The van der Waals surface area contributed by atoms with Gasteiger partial charge < -0.3 is 83.9 Å². The smallest absolute Gasteiger partial charge is 0.330 e. The first-order valence-corrected chi connectivity index (χ1v) is 17.3. The fourth-order valence-corrected chi connectivity index (χ4v) is 6.53. The fourth-order valence-electron chi connectivity index (χ4n) is 6.53. The van der Waals surface area contributed by atoms with Crippen molar-refractivity contribution in [2.24, 2.45) is 0 Å². The van der Waals surface area contributed by atoms with E-state index in [1.54, 1.807) is 0 Å². The lowest BCUT2D eigenvalue weighted by molar-refractivity contribution is -0.342. The van der Waals surface area contributed by atoms with E-state index in [-0.39, 0.29) is 39.9 Å². The number of benzene rings is 3. The van der Waals surface area contributed by atoms with Gasteiger partial charge in [-0.1, -0.05) is 6.07 Å². The minimum atomic E-state index is -2.04. The molecule has 0 aliphatic carbocycles. The SMILES string of the molecule is COc1cc(/C=C/C(=O)OC[C@H]2O[C@@H](O[C@@H]3[C@@H](O)[C@H](O)[C@H](CO)O[C@H]3c3c(O)cc4oc(-c5ccc(O)c(OC)c5)cc(=O)c4c3O)[C@H](O)[C@@H](O)[C@@H]2O)ccc1O. The molecule has 3 heterocycles. The molecule has 0 radical (unpaired) electrons. The van der Waals surface area contributed by atoms with Crippen molar-refractivity contribution >= 4 is 23.0 Å². The van der Waals surface area contributed by atoms with Gasteiger partial charge >= 0.3 is 5.97 Å². The number of ether oxygens (including phenoxy) is 6. The van der Waals surface area contributed by atoms with E-state index < -0.39 is 108 Å². The number of esters is 1. The number of phenolic OH excluding ortho intramolecular Hbond substituents is 4. The van der Waals surface area contributed by atoms with Crippen LogP contribution in [0.15, 0.2) is 63.8 Å². The molecule has 0 amide bonds. The molecule has 306 valence electrons. The van der Waals surface area contributed by atoms with Crippen LogP contribution in [0.1, 0.15) is 17.2 Å². The second-order valence-corrected chi connectivity index (χ2v) is 13.2. The third-order valence-electron chi connectivity index (χ3n) is 9.59. The third-order valence-corrected chi connectivity index (χ3v) is 9.59. The summed E-state index contributed by atoms with van der Waals surface area (Å²) < 4.78 is 38.4. The van der Waals surface area contributed by atoms with E-state index in [0.717, 1.165) is 18.2 Å². The van der Waals surface area contributed by atoms with Gasteiger partial charge in [-0.05, 0) is 42.0 Å². The third kappa shape index (κ3) is 8.19. The van der Waals surface area contributed by atoms with Gasteiger partial charge in [-0.25, -0.2) is 4.79 Å². The Hall–Kier alpha value is -5.48. The molecular formula is C38H40O19. The predicted octanol–water partition coefficient (Wildman–Crippen LogP) is -0.0970. The number of aliphatic hydroxyl groups is 6. The zero-order chi connectivity index (χ0) is 41.3. The molecule has 19 heteroatoms. The first-order chi connectivity index (χ1) is 27.2. The lowest BCUT2D eigenvalue weighted by atomic mass is 9.89. The molecule has 19 nitrogen and oxygen atoms in total. The number of rotatable bonds is 11. The number of aromatic hydroxyl groups is 4. The molecule has 0 spiro atoms. The van der Waals surface area contributed by atoms with Gasteiger partial charge in [0, 0.05) is 23.8 Å². The van der Waals surface area contributed by atoms with Gasteiger partial charge in [0.1, 0.15) is 89.8 Å². The van der Waals surface area contributed by atoms with Gasteiger partial charge in [0.25, 0.3) is 0 Å². The summed E-state index contributed by atoms with van der Waals surface area (Å²) in [5.41, 5.74) is -0.952. The van der Waals surface area contributed by atoms with Gasteiger partial charge in [-0.2, -0.15) is 0 Å². The normalized spacial score (nSPS) is 27.7. The molecule has 2 aliphatic rings. The molecule has 0 saturated carbocycles. The van der Waals surface area contributed by atoms with E-state index >= 15 is 0 Å². The number of fused-ring (bicyclic) bond motifs is 1. The Morgan fingerprint density at radius 2 is 1.44 bits per heavy atom. The van der Waals surface area contributed by atoms with Crippen LogP contribution in [0, 0.1) is 0 Å². The maximum absolute atomic E-state index is 13.5. The molecule has 0 bridgehead atoms. The Morgan fingerprint density at radius 3 is 2.12 bits per heavy atom. The average molecular weight is 801 g/mol. The van der Waals surface area contributed by atoms with Crippen LogP contribution in [0.4, 0.5) is 0 Å². The first kappa shape index (κ1) is 41.2. The summed E-state index contributed by atoms with van der Waals surface area (Å²) in [7, 11) is 2.66. The Morgan fingerprint density at radius 1 is 0.772 bits per heavy atom. The van der Waals surface area contributed by atoms with Crippen LogP contribution in [0.5, 0.6) is 34.5 Å². The Balaban J connectivity index is 1.27. The zero-order valence-corrected chi connectivity index (χ0v) is 30.1. The summed E-state index contributed by atoms with van der Waals surface area (Å²) >= 11 is 0. The highest BCUT2D eigenvalue weighted by molar-refractivity contribution is 5.88. The van der Waals surface area contributed by atoms with E-state index in [1.807, 2.05) is 0 Å². The lowest BCUT2D eigenvalue weighted by Crippen LogP contribution is -2.63. The molecule has 10 N–H and O–H groups in total. The Labute approximate surface area is 321 Å². The summed E-state index contributed by atoms with van der Waals surface area (Å²) in [5.74, 6) is -2.73. The minimum absolute atomic E-state index is 0.0372. The second-order valence-electron chi connectivity index (χ2n) is 13.2. The van der Waals surface area contributed by atoms with Crippen molar-refractivity contribution in [3.05, 3.63) is 76.0 Å². The average Bonchev–Trinajstić information content (AvgIpc) is 3.19. The summed E-state index contributed by atoms with van der Waals surface area (Å²) in [5, 5.41) is 106. The number of phenols is 4. The van der Waals surface area contributed by atoms with Crippen molar-refractivity contribution in [2.75, 3.05) is 27.4 Å². The Kier molecular flexibility index (Phi) is 12.2. The van der Waals surface area contributed by atoms with Crippen molar-refractivity contribution in [3.63, 3.8) is 0 Å². The van der Waals surface area contributed by atoms with Crippen molar-refractivity contribution in [2.45, 2.75) is 61.2 Å². The van der Waals surface area contributed by atoms with Crippen molar-refractivity contribution in [3.8, 4) is 45.8 Å². The van der Waals surface area contributed by atoms with Gasteiger partial charge in [-0.15, -0.1) is 0 Å². The summed E-state index contributed by atoms with van der Waals surface area (Å²) in [6, 6.07) is 10.4. The quantitative estimate of drug-likeness (QED) is 0.0700. The zero-order valence-electron chi connectivity index (χ0n) is 30.1. The van der Waals surface area contributed by atoms with E-state index in [0.29, 0.717) is 5.56 Å². The summed E-state index contributed by atoms with van der Waals surface area (Å²) in [6.07, 6.45) is -16.2. The van der Waals surface area contributed by atoms with Crippen LogP contribution in [0.3, 0.4) is 0 Å². The van der Waals surface area contributed by atoms with Crippen LogP contribution < -0.4 is 14.9 Å². The molecule has 4 aromatic rings. The van der Waals surface area contributed by atoms with Gasteiger partial charge in [0.2, 0.25) is 0 Å².